The van der Waals surface area contributed by atoms with Crippen LogP contribution in [-0.4, -0.2) is 45.9 Å². The largest absolute Gasteiger partial charge is 0.350 e. The van der Waals surface area contributed by atoms with Crippen LogP contribution < -0.4 is 10.0 Å². The number of nitrogens with one attached hydrogen (secondary N) is 2. The molecule has 1 amide bonds. The summed E-state index contributed by atoms with van der Waals surface area (Å²) < 4.78 is 26.4. The monoisotopic (exact) mass is 435 g/mol. The van der Waals surface area contributed by atoms with Gasteiger partial charge in [-0.05, 0) is 69.2 Å². The molecule has 1 heterocycles. The Kier molecular flexibility index (Phi) is 6.95. The molecular weight excluding hydrogens is 410 g/mol. The van der Waals surface area contributed by atoms with Crippen molar-refractivity contribution in [2.24, 2.45) is 0 Å². The minimum absolute atomic E-state index is 0.0281. The van der Waals surface area contributed by atoms with Crippen molar-refractivity contribution in [3.05, 3.63) is 64.2 Å². The lowest BCUT2D eigenvalue weighted by atomic mass is 10.0. The van der Waals surface area contributed by atoms with Crippen LogP contribution in [0, 0.1) is 6.92 Å². The van der Waals surface area contributed by atoms with Gasteiger partial charge in [-0.15, -0.1) is 0 Å². The van der Waals surface area contributed by atoms with E-state index < -0.39 is 10.0 Å². The summed E-state index contributed by atoms with van der Waals surface area (Å²) >= 11 is 6.43. The van der Waals surface area contributed by atoms with Crippen molar-refractivity contribution in [3.8, 4) is 0 Å². The normalized spacial score (nSPS) is 16.0. The maximum absolute atomic E-state index is 12.9. The molecule has 0 spiro atoms. The van der Waals surface area contributed by atoms with Crippen LogP contribution in [0.4, 0.5) is 0 Å². The summed E-state index contributed by atoms with van der Waals surface area (Å²) in [5, 5.41) is 3.66. The van der Waals surface area contributed by atoms with Gasteiger partial charge in [0, 0.05) is 17.1 Å². The lowest BCUT2D eigenvalue weighted by Gasteiger charge is -2.29. The quantitative estimate of drug-likeness (QED) is 0.700. The van der Waals surface area contributed by atoms with Gasteiger partial charge >= 0.3 is 0 Å². The molecule has 0 saturated carbocycles. The molecule has 0 aromatic heterocycles. The van der Waals surface area contributed by atoms with E-state index in [1.165, 1.54) is 19.2 Å². The number of amides is 1. The van der Waals surface area contributed by atoms with E-state index in [0.717, 1.165) is 31.5 Å². The predicted molar refractivity (Wildman–Crippen MR) is 115 cm³/mol. The Morgan fingerprint density at radius 1 is 1.17 bits per heavy atom. The first-order valence-corrected chi connectivity index (χ1v) is 11.5. The fourth-order valence-electron chi connectivity index (χ4n) is 3.65. The van der Waals surface area contributed by atoms with Crippen LogP contribution in [-0.2, 0) is 10.0 Å². The van der Waals surface area contributed by atoms with E-state index in [1.807, 2.05) is 24.3 Å². The number of rotatable bonds is 7. The van der Waals surface area contributed by atoms with Crippen molar-refractivity contribution in [1.82, 2.24) is 14.9 Å². The van der Waals surface area contributed by atoms with Gasteiger partial charge in [-0.1, -0.05) is 35.9 Å². The number of carbonyl (C=O) groups excluding carboxylic acids is 1. The zero-order valence-electron chi connectivity index (χ0n) is 16.6. The highest BCUT2D eigenvalue weighted by atomic mass is 35.5. The van der Waals surface area contributed by atoms with E-state index in [0.29, 0.717) is 22.7 Å². The third-order valence-electron chi connectivity index (χ3n) is 5.33. The first-order valence-electron chi connectivity index (χ1n) is 9.64. The topological polar surface area (TPSA) is 78.5 Å². The van der Waals surface area contributed by atoms with Gasteiger partial charge < -0.3 is 5.32 Å². The van der Waals surface area contributed by atoms with Gasteiger partial charge in [0.1, 0.15) is 0 Å². The van der Waals surface area contributed by atoms with Crippen molar-refractivity contribution in [2.75, 3.05) is 26.7 Å². The molecule has 8 heteroatoms. The Morgan fingerprint density at radius 3 is 2.52 bits per heavy atom. The highest BCUT2D eigenvalue weighted by Gasteiger charge is 2.26. The van der Waals surface area contributed by atoms with Crippen molar-refractivity contribution < 1.29 is 13.2 Å². The third kappa shape index (κ3) is 4.98. The summed E-state index contributed by atoms with van der Waals surface area (Å²) in [5.74, 6) is -0.299. The van der Waals surface area contributed by atoms with Gasteiger partial charge in [0.15, 0.2) is 0 Å². The van der Waals surface area contributed by atoms with Crippen LogP contribution in [0.3, 0.4) is 0 Å². The van der Waals surface area contributed by atoms with Crippen molar-refractivity contribution >= 4 is 27.5 Å². The molecule has 2 aromatic carbocycles. The Bertz CT molecular complexity index is 988. The second-order valence-corrected chi connectivity index (χ2v) is 9.47. The van der Waals surface area contributed by atoms with Gasteiger partial charge in [0.25, 0.3) is 5.91 Å². The summed E-state index contributed by atoms with van der Waals surface area (Å²) in [4.78, 5) is 15.3. The van der Waals surface area contributed by atoms with Crippen LogP contribution in [0.1, 0.15) is 40.4 Å². The van der Waals surface area contributed by atoms with Gasteiger partial charge in [0.2, 0.25) is 10.0 Å². The minimum atomic E-state index is -3.62. The minimum Gasteiger partial charge on any atom is -0.350 e. The molecule has 0 radical (unpaired) electrons. The summed E-state index contributed by atoms with van der Waals surface area (Å²) in [5.41, 5.74) is 2.05. The number of halogens is 1. The summed E-state index contributed by atoms with van der Waals surface area (Å²) in [7, 11) is -2.27. The highest BCUT2D eigenvalue weighted by Crippen LogP contribution is 2.30. The molecule has 1 fully saturated rings. The molecule has 1 aliphatic rings. The molecule has 1 atom stereocenters. The first-order chi connectivity index (χ1) is 13.8. The van der Waals surface area contributed by atoms with Crippen molar-refractivity contribution in [3.63, 3.8) is 0 Å². The predicted octanol–water partition coefficient (Wildman–Crippen LogP) is 3.12. The second kappa shape index (κ2) is 9.26. The molecule has 1 aliphatic heterocycles. The van der Waals surface area contributed by atoms with E-state index in [2.05, 4.69) is 14.9 Å². The van der Waals surface area contributed by atoms with Crippen molar-refractivity contribution in [2.45, 2.75) is 30.7 Å². The molecule has 0 bridgehead atoms. The maximum Gasteiger partial charge on any atom is 0.251 e. The second-order valence-electron chi connectivity index (χ2n) is 7.17. The fourth-order valence-corrected chi connectivity index (χ4v) is 4.67. The molecule has 2 N–H and O–H groups in total. The zero-order chi connectivity index (χ0) is 21.0. The van der Waals surface area contributed by atoms with Crippen LogP contribution in [0.2, 0.25) is 5.02 Å². The number of carbonyl (C=O) groups is 1. The SMILES string of the molecule is CNS(=O)(=O)c1ccc(C)c(C(=O)NC[C@H](c2ccccc2Cl)N2CCCC2)c1. The van der Waals surface area contributed by atoms with E-state index in [9.17, 15) is 13.2 Å². The summed E-state index contributed by atoms with van der Waals surface area (Å²) in [6.45, 7) is 4.10. The fraction of sp³-hybridized carbons (Fsp3) is 0.381. The number of hydrogen-bond donors (Lipinski definition) is 2. The number of nitrogens with zero attached hydrogens (tertiary/aromatic N) is 1. The summed E-state index contributed by atoms with van der Waals surface area (Å²) in [6.07, 6.45) is 2.25. The van der Waals surface area contributed by atoms with E-state index in [1.54, 1.807) is 13.0 Å². The maximum atomic E-state index is 12.9. The molecule has 6 nitrogen and oxygen atoms in total. The third-order valence-corrected chi connectivity index (χ3v) is 7.09. The Labute approximate surface area is 177 Å². The molecule has 0 unspecified atom stereocenters. The number of benzene rings is 2. The number of sulfonamides is 1. The van der Waals surface area contributed by atoms with Crippen molar-refractivity contribution in [1.29, 1.82) is 0 Å². The van der Waals surface area contributed by atoms with Crippen LogP contribution in [0.25, 0.3) is 0 Å². The van der Waals surface area contributed by atoms with Gasteiger partial charge in [-0.25, -0.2) is 13.1 Å². The van der Waals surface area contributed by atoms with Crippen LogP contribution in [0.5, 0.6) is 0 Å². The van der Waals surface area contributed by atoms with Gasteiger partial charge in [-0.3, -0.25) is 9.69 Å². The molecule has 3 rings (SSSR count). The van der Waals surface area contributed by atoms with E-state index >= 15 is 0 Å². The average molecular weight is 436 g/mol. The standard InChI is InChI=1S/C21H26ClN3O3S/c1-15-9-10-16(29(27,28)23-2)13-18(15)21(26)24-14-20(25-11-5-6-12-25)17-7-3-4-8-19(17)22/h3-4,7-10,13,20,23H,5-6,11-12,14H2,1-2H3,(H,24,26)/t20-/m1/s1. The molecule has 0 aliphatic carbocycles. The average Bonchev–Trinajstić information content (AvgIpc) is 3.24. The summed E-state index contributed by atoms with van der Waals surface area (Å²) in [6, 6.07) is 12.2. The van der Waals surface area contributed by atoms with Crippen LogP contribution in [0.15, 0.2) is 47.4 Å². The van der Waals surface area contributed by atoms with Gasteiger partial charge in [0.05, 0.1) is 10.9 Å². The molecular formula is C21H26ClN3O3S. The first kappa shape index (κ1) is 21.8. The zero-order valence-corrected chi connectivity index (χ0v) is 18.2. The highest BCUT2D eigenvalue weighted by molar-refractivity contribution is 7.89. The number of aryl methyl sites for hydroxylation is 1. The number of likely N-dealkylation sites (tertiary alicyclic amines) is 1. The molecule has 156 valence electrons. The van der Waals surface area contributed by atoms with Crippen LogP contribution >= 0.6 is 11.6 Å². The molecule has 29 heavy (non-hydrogen) atoms. The Morgan fingerprint density at radius 2 is 1.86 bits per heavy atom. The lowest BCUT2D eigenvalue weighted by Crippen LogP contribution is -2.37. The molecule has 1 saturated heterocycles. The lowest BCUT2D eigenvalue weighted by molar-refractivity contribution is 0.0937. The molecule has 2 aromatic rings. The number of hydrogen-bond acceptors (Lipinski definition) is 4. The Balaban J connectivity index is 1.82. The van der Waals surface area contributed by atoms with Gasteiger partial charge in [-0.2, -0.15) is 0 Å². The van der Waals surface area contributed by atoms with E-state index in [4.69, 9.17) is 11.6 Å². The Hall–Kier alpha value is -1.93. The van der Waals surface area contributed by atoms with E-state index in [-0.39, 0.29) is 16.8 Å². The smallest absolute Gasteiger partial charge is 0.251 e.